The molecule has 0 aliphatic rings. The van der Waals surface area contributed by atoms with Crippen molar-refractivity contribution in [2.24, 2.45) is 0 Å². The highest BCUT2D eigenvalue weighted by Crippen LogP contribution is 2.30. The molecule has 2 heterocycles. The van der Waals surface area contributed by atoms with Crippen molar-refractivity contribution in [1.82, 2.24) is 19.9 Å². The van der Waals surface area contributed by atoms with Crippen LogP contribution < -0.4 is 11.5 Å². The van der Waals surface area contributed by atoms with E-state index in [0.717, 1.165) is 5.56 Å². The highest BCUT2D eigenvalue weighted by molar-refractivity contribution is 6.42. The molecule has 0 bridgehead atoms. The highest BCUT2D eigenvalue weighted by Gasteiger charge is 2.13. The number of benzene rings is 1. The predicted molar refractivity (Wildman–Crippen MR) is 84.1 cm³/mol. The third-order valence-electron chi connectivity index (χ3n) is 2.94. The van der Waals surface area contributed by atoms with Crippen molar-refractivity contribution in [3.63, 3.8) is 0 Å². The van der Waals surface area contributed by atoms with Gasteiger partial charge in [0, 0.05) is 5.56 Å². The third kappa shape index (κ3) is 2.43. The van der Waals surface area contributed by atoms with Gasteiger partial charge in [-0.1, -0.05) is 29.3 Å². The Hall–Kier alpha value is -2.18. The molecule has 6 nitrogen and oxygen atoms in total. The van der Waals surface area contributed by atoms with Crippen LogP contribution in [-0.4, -0.2) is 19.9 Å². The van der Waals surface area contributed by atoms with Crippen LogP contribution in [0.25, 0.3) is 22.4 Å². The minimum atomic E-state index is 0.0657. The molecule has 0 atom stereocenters. The number of hydrogen-bond donors (Lipinski definition) is 2. The van der Waals surface area contributed by atoms with Gasteiger partial charge in [0.2, 0.25) is 5.95 Å². The number of hydrogen-bond acceptors (Lipinski definition) is 6. The average molecular weight is 321 g/mol. The molecule has 0 saturated carbocycles. The number of nitrogens with two attached hydrogens (primary N) is 2. The first kappa shape index (κ1) is 13.8. The van der Waals surface area contributed by atoms with Crippen LogP contribution in [0, 0.1) is 6.92 Å². The van der Waals surface area contributed by atoms with Gasteiger partial charge in [0.15, 0.2) is 17.0 Å². The lowest BCUT2D eigenvalue weighted by atomic mass is 10.1. The second kappa shape index (κ2) is 4.98. The topological polar surface area (TPSA) is 104 Å². The van der Waals surface area contributed by atoms with Gasteiger partial charge in [-0.25, -0.2) is 9.97 Å². The molecule has 4 N–H and O–H groups in total. The van der Waals surface area contributed by atoms with Crippen LogP contribution in [0.3, 0.4) is 0 Å². The minimum Gasteiger partial charge on any atom is -0.382 e. The summed E-state index contributed by atoms with van der Waals surface area (Å²) in [6.07, 6.45) is 0. The second-order valence-corrected chi connectivity index (χ2v) is 5.24. The monoisotopic (exact) mass is 320 g/mol. The van der Waals surface area contributed by atoms with Gasteiger partial charge < -0.3 is 11.5 Å². The molecule has 1 aromatic carbocycles. The Balaban J connectivity index is 2.27. The summed E-state index contributed by atoms with van der Waals surface area (Å²) in [6, 6.07) is 5.24. The first-order valence-corrected chi connectivity index (χ1v) is 6.74. The van der Waals surface area contributed by atoms with Gasteiger partial charge in [-0.05, 0) is 19.1 Å². The maximum absolute atomic E-state index is 6.04. The fourth-order valence-corrected chi connectivity index (χ4v) is 2.28. The molecule has 0 unspecified atom stereocenters. The molecule has 3 aromatic rings. The number of nitrogen functional groups attached to an aromatic ring is 2. The molecule has 0 saturated heterocycles. The van der Waals surface area contributed by atoms with Gasteiger partial charge in [0.1, 0.15) is 0 Å². The first-order valence-electron chi connectivity index (χ1n) is 5.98. The van der Waals surface area contributed by atoms with E-state index in [1.54, 1.807) is 12.1 Å². The Bertz CT molecular complexity index is 865. The molecule has 8 heteroatoms. The van der Waals surface area contributed by atoms with Gasteiger partial charge in [0.05, 0.1) is 21.4 Å². The van der Waals surface area contributed by atoms with E-state index in [1.807, 2.05) is 13.0 Å². The predicted octanol–water partition coefficient (Wildman–Crippen LogP) is 2.87. The molecule has 2 aromatic heterocycles. The second-order valence-electron chi connectivity index (χ2n) is 4.43. The Kier molecular flexibility index (Phi) is 3.27. The largest absolute Gasteiger partial charge is 0.382 e. The summed E-state index contributed by atoms with van der Waals surface area (Å²) >= 11 is 12.0. The van der Waals surface area contributed by atoms with Crippen LogP contribution in [0.1, 0.15) is 5.69 Å². The Morgan fingerprint density at radius 2 is 1.71 bits per heavy atom. The lowest BCUT2D eigenvalue weighted by Gasteiger charge is -2.08. The molecule has 106 valence electrons. The van der Waals surface area contributed by atoms with Crippen molar-refractivity contribution in [2.45, 2.75) is 6.92 Å². The van der Waals surface area contributed by atoms with Gasteiger partial charge >= 0.3 is 0 Å². The summed E-state index contributed by atoms with van der Waals surface area (Å²) in [4.78, 5) is 16.8. The van der Waals surface area contributed by atoms with Crippen LogP contribution in [0.15, 0.2) is 18.2 Å². The summed E-state index contributed by atoms with van der Waals surface area (Å²) in [5.74, 6) is 0.252. The van der Waals surface area contributed by atoms with Crippen LogP contribution in [-0.2, 0) is 0 Å². The summed E-state index contributed by atoms with van der Waals surface area (Å²) in [5, 5.41) is 0.916. The normalized spacial score (nSPS) is 11.0. The number of halogens is 2. The standard InChI is InChI=1S/C13H10Cl2N6/c1-5-9(6-2-3-7(14)8(15)4-6)19-10-11(16)20-13(17)21-12(10)18-5/h2-4H,1H3,(H4,16,17,18,20,21). The van der Waals surface area contributed by atoms with Gasteiger partial charge in [0.25, 0.3) is 0 Å². The molecule has 0 aliphatic heterocycles. The molecule has 0 aliphatic carbocycles. The van der Waals surface area contributed by atoms with Gasteiger partial charge in [-0.2, -0.15) is 9.97 Å². The van der Waals surface area contributed by atoms with Crippen LogP contribution in [0.2, 0.25) is 10.0 Å². The molecular weight excluding hydrogens is 311 g/mol. The lowest BCUT2D eigenvalue weighted by molar-refractivity contribution is 1.12. The minimum absolute atomic E-state index is 0.0657. The zero-order valence-corrected chi connectivity index (χ0v) is 12.4. The average Bonchev–Trinajstić information content (AvgIpc) is 2.41. The van der Waals surface area contributed by atoms with E-state index in [0.29, 0.717) is 32.6 Å². The van der Waals surface area contributed by atoms with Crippen molar-refractivity contribution < 1.29 is 0 Å². The number of aryl methyl sites for hydroxylation is 1. The van der Waals surface area contributed by atoms with Crippen molar-refractivity contribution in [3.05, 3.63) is 33.9 Å². The van der Waals surface area contributed by atoms with Crippen molar-refractivity contribution in [3.8, 4) is 11.3 Å². The van der Waals surface area contributed by atoms with E-state index in [-0.39, 0.29) is 11.8 Å². The van der Waals surface area contributed by atoms with E-state index < -0.39 is 0 Å². The molecular formula is C13H10Cl2N6. The van der Waals surface area contributed by atoms with Gasteiger partial charge in [-0.3, -0.25) is 0 Å². The summed E-state index contributed by atoms with van der Waals surface area (Å²) in [5.41, 5.74) is 14.3. The Morgan fingerprint density at radius 3 is 2.43 bits per heavy atom. The molecule has 0 spiro atoms. The van der Waals surface area contributed by atoms with Crippen LogP contribution in [0.4, 0.5) is 11.8 Å². The van der Waals surface area contributed by atoms with Crippen LogP contribution >= 0.6 is 23.2 Å². The first-order chi connectivity index (χ1) is 9.95. The number of aromatic nitrogens is 4. The molecule has 0 amide bonds. The zero-order valence-electron chi connectivity index (χ0n) is 10.9. The number of fused-ring (bicyclic) bond motifs is 1. The lowest BCUT2D eigenvalue weighted by Crippen LogP contribution is -2.05. The quantitative estimate of drug-likeness (QED) is 0.714. The van der Waals surface area contributed by atoms with E-state index in [9.17, 15) is 0 Å². The zero-order chi connectivity index (χ0) is 15.1. The van der Waals surface area contributed by atoms with E-state index in [4.69, 9.17) is 34.7 Å². The number of rotatable bonds is 1. The van der Waals surface area contributed by atoms with Gasteiger partial charge in [-0.15, -0.1) is 0 Å². The smallest absolute Gasteiger partial charge is 0.224 e. The Labute approximate surface area is 130 Å². The fraction of sp³-hybridized carbons (Fsp3) is 0.0769. The number of nitrogens with zero attached hydrogens (tertiary/aromatic N) is 4. The highest BCUT2D eigenvalue weighted by atomic mass is 35.5. The Morgan fingerprint density at radius 1 is 0.952 bits per heavy atom. The van der Waals surface area contributed by atoms with E-state index in [1.165, 1.54) is 0 Å². The third-order valence-corrected chi connectivity index (χ3v) is 3.68. The SMILES string of the molecule is Cc1nc2nc(N)nc(N)c2nc1-c1ccc(Cl)c(Cl)c1. The molecule has 21 heavy (non-hydrogen) atoms. The molecule has 0 radical (unpaired) electrons. The van der Waals surface area contributed by atoms with E-state index in [2.05, 4.69) is 19.9 Å². The number of anilines is 2. The van der Waals surface area contributed by atoms with Crippen molar-refractivity contribution in [2.75, 3.05) is 11.5 Å². The summed E-state index contributed by atoms with van der Waals surface area (Å²) in [6.45, 7) is 1.82. The van der Waals surface area contributed by atoms with E-state index >= 15 is 0 Å². The maximum Gasteiger partial charge on any atom is 0.224 e. The molecule has 3 rings (SSSR count). The molecule has 0 fully saturated rings. The summed E-state index contributed by atoms with van der Waals surface area (Å²) in [7, 11) is 0. The maximum atomic E-state index is 6.04. The summed E-state index contributed by atoms with van der Waals surface area (Å²) < 4.78 is 0. The van der Waals surface area contributed by atoms with Crippen molar-refractivity contribution in [1.29, 1.82) is 0 Å². The van der Waals surface area contributed by atoms with Crippen LogP contribution in [0.5, 0.6) is 0 Å². The van der Waals surface area contributed by atoms with Crippen molar-refractivity contribution >= 4 is 46.1 Å². The fourth-order valence-electron chi connectivity index (χ4n) is 1.98.